The van der Waals surface area contributed by atoms with Crippen molar-refractivity contribution >= 4 is 35.0 Å². The Labute approximate surface area is 160 Å². The third-order valence-corrected chi connectivity index (χ3v) is 4.63. The van der Waals surface area contributed by atoms with Gasteiger partial charge in [-0.05, 0) is 67.4 Å². The molecule has 0 radical (unpaired) electrons. The van der Waals surface area contributed by atoms with Gasteiger partial charge >= 0.3 is 0 Å². The van der Waals surface area contributed by atoms with E-state index >= 15 is 0 Å². The van der Waals surface area contributed by atoms with Gasteiger partial charge in [-0.15, -0.1) is 0 Å². The van der Waals surface area contributed by atoms with Crippen LogP contribution in [0.1, 0.15) is 27.6 Å². The highest BCUT2D eigenvalue weighted by molar-refractivity contribution is 8.00. The number of halogens is 1. The van der Waals surface area contributed by atoms with Crippen molar-refractivity contribution in [2.75, 3.05) is 10.0 Å². The fraction of sp³-hybridized carbons (Fsp3) is 0.0476. The van der Waals surface area contributed by atoms with Crippen LogP contribution in [0.5, 0.6) is 0 Å². The number of hydrogen-bond donors (Lipinski definition) is 2. The van der Waals surface area contributed by atoms with E-state index in [-0.39, 0.29) is 17.5 Å². The molecule has 2 N–H and O–H groups in total. The molecule has 0 saturated carbocycles. The molecule has 6 heteroatoms. The molecule has 136 valence electrons. The van der Waals surface area contributed by atoms with E-state index in [0.29, 0.717) is 22.5 Å². The van der Waals surface area contributed by atoms with Crippen LogP contribution < -0.4 is 10.0 Å². The lowest BCUT2D eigenvalue weighted by atomic mass is 10.1. The number of amides is 1. The summed E-state index contributed by atoms with van der Waals surface area (Å²) in [6, 6.07) is 20.1. The summed E-state index contributed by atoms with van der Waals surface area (Å²) >= 11 is 1.26. The summed E-state index contributed by atoms with van der Waals surface area (Å²) in [5.74, 6) is -0.655. The Morgan fingerprint density at radius 2 is 1.63 bits per heavy atom. The zero-order valence-corrected chi connectivity index (χ0v) is 15.3. The number of ketones is 1. The summed E-state index contributed by atoms with van der Waals surface area (Å²) in [5, 5.41) is 2.78. The first kappa shape index (κ1) is 18.7. The summed E-state index contributed by atoms with van der Waals surface area (Å²) in [6.07, 6.45) is 0. The second kappa shape index (κ2) is 8.51. The van der Waals surface area contributed by atoms with Gasteiger partial charge in [-0.2, -0.15) is 0 Å². The number of carbonyl (C=O) groups is 2. The van der Waals surface area contributed by atoms with Gasteiger partial charge in [0.25, 0.3) is 5.91 Å². The minimum Gasteiger partial charge on any atom is -0.323 e. The van der Waals surface area contributed by atoms with E-state index in [1.807, 2.05) is 0 Å². The second-order valence-corrected chi connectivity index (χ2v) is 6.68. The first-order chi connectivity index (χ1) is 13.0. The predicted molar refractivity (Wildman–Crippen MR) is 107 cm³/mol. The van der Waals surface area contributed by atoms with Crippen molar-refractivity contribution in [2.24, 2.45) is 0 Å². The molecule has 3 rings (SSSR count). The van der Waals surface area contributed by atoms with Crippen molar-refractivity contribution in [1.82, 2.24) is 0 Å². The molecule has 0 spiro atoms. The Balaban J connectivity index is 1.63. The maximum atomic E-state index is 13.6. The molecular weight excluding hydrogens is 363 g/mol. The smallest absolute Gasteiger partial charge is 0.255 e. The van der Waals surface area contributed by atoms with Crippen LogP contribution in [0.4, 0.5) is 15.8 Å². The fourth-order valence-corrected chi connectivity index (χ4v) is 3.02. The first-order valence-electron chi connectivity index (χ1n) is 8.23. The van der Waals surface area contributed by atoms with Crippen LogP contribution in [0, 0.1) is 5.82 Å². The molecular formula is C21H17FN2O2S. The van der Waals surface area contributed by atoms with E-state index in [0.717, 1.165) is 4.90 Å². The SMILES string of the molecule is CC(=O)c1cccc(NC(=O)c2ccc(SNc3ccccc3F)cc2)c1. The van der Waals surface area contributed by atoms with Crippen LogP contribution in [0.25, 0.3) is 0 Å². The molecule has 0 heterocycles. The molecule has 0 aliphatic heterocycles. The van der Waals surface area contributed by atoms with Gasteiger partial charge in [-0.3, -0.25) is 9.59 Å². The minimum atomic E-state index is -0.325. The monoisotopic (exact) mass is 380 g/mol. The van der Waals surface area contributed by atoms with Gasteiger partial charge in [0, 0.05) is 21.7 Å². The largest absolute Gasteiger partial charge is 0.323 e. The van der Waals surface area contributed by atoms with E-state index in [1.54, 1.807) is 66.7 Å². The molecule has 4 nitrogen and oxygen atoms in total. The molecule has 1 amide bonds. The van der Waals surface area contributed by atoms with Crippen molar-refractivity contribution in [3.8, 4) is 0 Å². The summed E-state index contributed by atoms with van der Waals surface area (Å²) in [6.45, 7) is 1.48. The highest BCUT2D eigenvalue weighted by Gasteiger charge is 2.08. The summed E-state index contributed by atoms with van der Waals surface area (Å²) in [5.41, 5.74) is 1.99. The number of anilines is 2. The molecule has 0 unspecified atom stereocenters. The normalized spacial score (nSPS) is 10.3. The number of nitrogens with one attached hydrogen (secondary N) is 2. The van der Waals surface area contributed by atoms with E-state index in [4.69, 9.17) is 0 Å². The zero-order chi connectivity index (χ0) is 19.2. The molecule has 0 bridgehead atoms. The molecule has 0 atom stereocenters. The van der Waals surface area contributed by atoms with Gasteiger partial charge in [0.15, 0.2) is 5.78 Å². The second-order valence-electron chi connectivity index (χ2n) is 5.80. The number of carbonyl (C=O) groups excluding carboxylic acids is 2. The fourth-order valence-electron chi connectivity index (χ4n) is 2.35. The lowest BCUT2D eigenvalue weighted by Crippen LogP contribution is -2.12. The van der Waals surface area contributed by atoms with Crippen LogP contribution in [0.2, 0.25) is 0 Å². The average molecular weight is 380 g/mol. The zero-order valence-electron chi connectivity index (χ0n) is 14.5. The third-order valence-electron chi connectivity index (χ3n) is 3.80. The van der Waals surface area contributed by atoms with Gasteiger partial charge in [0.05, 0.1) is 5.69 Å². The van der Waals surface area contributed by atoms with E-state index in [1.165, 1.54) is 24.9 Å². The van der Waals surface area contributed by atoms with Crippen molar-refractivity contribution < 1.29 is 14.0 Å². The molecule has 0 aliphatic rings. The number of hydrogen-bond acceptors (Lipinski definition) is 4. The van der Waals surface area contributed by atoms with Crippen molar-refractivity contribution in [3.05, 3.63) is 89.7 Å². The summed E-state index contributed by atoms with van der Waals surface area (Å²) in [4.78, 5) is 24.6. The number of Topliss-reactive ketones (excluding diaryl/α,β-unsaturated/α-hetero) is 1. The molecule has 27 heavy (non-hydrogen) atoms. The minimum absolute atomic E-state index is 0.0603. The van der Waals surface area contributed by atoms with Gasteiger partial charge in [-0.1, -0.05) is 24.3 Å². The highest BCUT2D eigenvalue weighted by Crippen LogP contribution is 2.23. The lowest BCUT2D eigenvalue weighted by Gasteiger charge is -2.08. The van der Waals surface area contributed by atoms with E-state index in [9.17, 15) is 14.0 Å². The number of benzene rings is 3. The van der Waals surface area contributed by atoms with Gasteiger partial charge in [-0.25, -0.2) is 4.39 Å². The maximum absolute atomic E-state index is 13.6. The standard InChI is InChI=1S/C21H17FN2O2S/c1-14(25)16-5-4-6-17(13-16)23-21(26)15-9-11-18(12-10-15)27-24-20-8-3-2-7-19(20)22/h2-13,24H,1H3,(H,23,26). The molecule has 3 aromatic carbocycles. The van der Waals surface area contributed by atoms with Crippen LogP contribution in [-0.2, 0) is 0 Å². The average Bonchev–Trinajstić information content (AvgIpc) is 2.68. The topological polar surface area (TPSA) is 58.2 Å². The first-order valence-corrected chi connectivity index (χ1v) is 9.04. The number of rotatable bonds is 6. The molecule has 0 aliphatic carbocycles. The Hall–Kier alpha value is -3.12. The van der Waals surface area contributed by atoms with Crippen LogP contribution in [0.15, 0.2) is 77.7 Å². The van der Waals surface area contributed by atoms with Crippen molar-refractivity contribution in [3.63, 3.8) is 0 Å². The van der Waals surface area contributed by atoms with Crippen molar-refractivity contribution in [1.29, 1.82) is 0 Å². The quantitative estimate of drug-likeness (QED) is 0.444. The van der Waals surface area contributed by atoms with Crippen LogP contribution in [0.3, 0.4) is 0 Å². The van der Waals surface area contributed by atoms with Crippen molar-refractivity contribution in [2.45, 2.75) is 11.8 Å². The maximum Gasteiger partial charge on any atom is 0.255 e. The summed E-state index contributed by atoms with van der Waals surface area (Å²) in [7, 11) is 0. The lowest BCUT2D eigenvalue weighted by molar-refractivity contribution is 0.101. The highest BCUT2D eigenvalue weighted by atomic mass is 32.2. The van der Waals surface area contributed by atoms with Crippen LogP contribution >= 0.6 is 11.9 Å². The van der Waals surface area contributed by atoms with Crippen LogP contribution in [-0.4, -0.2) is 11.7 Å². The Kier molecular flexibility index (Phi) is 5.88. The Bertz CT molecular complexity index is 974. The number of para-hydroxylation sites is 1. The van der Waals surface area contributed by atoms with Gasteiger partial charge in [0.2, 0.25) is 0 Å². The molecule has 0 aromatic heterocycles. The summed E-state index contributed by atoms with van der Waals surface area (Å²) < 4.78 is 16.5. The van der Waals surface area contributed by atoms with E-state index < -0.39 is 0 Å². The third kappa shape index (κ3) is 4.95. The van der Waals surface area contributed by atoms with Gasteiger partial charge < -0.3 is 10.0 Å². The molecule has 0 fully saturated rings. The van der Waals surface area contributed by atoms with Gasteiger partial charge in [0.1, 0.15) is 5.82 Å². The Morgan fingerprint density at radius 3 is 2.33 bits per heavy atom. The molecule has 3 aromatic rings. The van der Waals surface area contributed by atoms with E-state index in [2.05, 4.69) is 10.0 Å². The predicted octanol–water partition coefficient (Wildman–Crippen LogP) is 5.40. The molecule has 0 saturated heterocycles. The Morgan fingerprint density at radius 1 is 0.889 bits per heavy atom.